The Bertz CT molecular complexity index is 1190. The van der Waals surface area contributed by atoms with Crippen molar-refractivity contribution in [2.75, 3.05) is 13.0 Å². The fourth-order valence-electron chi connectivity index (χ4n) is 3.28. The highest BCUT2D eigenvalue weighted by Crippen LogP contribution is 2.42. The van der Waals surface area contributed by atoms with E-state index < -0.39 is 6.17 Å². The minimum absolute atomic E-state index is 0.145. The zero-order valence-electron chi connectivity index (χ0n) is 14.4. The number of carbonyl (C=O) groups excluding carboxylic acids is 1. The molecule has 2 aromatic rings. The van der Waals surface area contributed by atoms with Gasteiger partial charge in [-0.1, -0.05) is 39.3 Å². The number of hydrogen-bond donors (Lipinski definition) is 1. The largest absolute Gasteiger partial charge is 0.454 e. The summed E-state index contributed by atoms with van der Waals surface area (Å²) in [6.07, 6.45) is 1.23. The highest BCUT2D eigenvalue weighted by atomic mass is 79.9. The normalized spacial score (nSPS) is 19.5. The van der Waals surface area contributed by atoms with Crippen LogP contribution in [0.4, 0.5) is 0 Å². The average molecular weight is 480 g/mol. The van der Waals surface area contributed by atoms with Crippen LogP contribution in [0.5, 0.6) is 11.5 Å². The molecule has 142 valence electrons. The highest BCUT2D eigenvalue weighted by Gasteiger charge is 2.36. The molecule has 3 aliphatic heterocycles. The Hall–Kier alpha value is -2.23. The van der Waals surface area contributed by atoms with Crippen LogP contribution in [0.15, 0.2) is 44.9 Å². The van der Waals surface area contributed by atoms with Crippen LogP contribution >= 0.6 is 39.3 Å². The van der Waals surface area contributed by atoms with Gasteiger partial charge in [-0.2, -0.15) is 0 Å². The predicted octanol–water partition coefficient (Wildman–Crippen LogP) is 2.34. The van der Waals surface area contributed by atoms with E-state index in [0.29, 0.717) is 43.5 Å². The van der Waals surface area contributed by atoms with E-state index in [1.165, 1.54) is 11.8 Å². The van der Waals surface area contributed by atoms with Crippen molar-refractivity contribution < 1.29 is 14.3 Å². The predicted molar refractivity (Wildman–Crippen MR) is 110 cm³/mol. The zero-order chi connectivity index (χ0) is 19.4. The molecule has 0 unspecified atom stereocenters. The second kappa shape index (κ2) is 6.68. The molecule has 0 bridgehead atoms. The number of halogens is 2. The van der Waals surface area contributed by atoms with E-state index in [0.717, 1.165) is 4.47 Å². The maximum atomic E-state index is 12.9. The molecular weight excluding hydrogens is 468 g/mol. The molecule has 10 heteroatoms. The molecule has 1 N–H and O–H groups in total. The van der Waals surface area contributed by atoms with E-state index in [2.05, 4.69) is 26.3 Å². The number of thioether (sulfide) groups is 1. The van der Waals surface area contributed by atoms with E-state index in [-0.39, 0.29) is 12.7 Å². The van der Waals surface area contributed by atoms with E-state index in [9.17, 15) is 4.79 Å². The van der Waals surface area contributed by atoms with Gasteiger partial charge in [0.2, 0.25) is 6.79 Å². The van der Waals surface area contributed by atoms with Gasteiger partial charge in [-0.05, 0) is 30.5 Å². The second-order valence-electron chi connectivity index (χ2n) is 6.15. The summed E-state index contributed by atoms with van der Waals surface area (Å²) in [6.45, 7) is 0.145. The number of nitrogens with one attached hydrogen (secondary N) is 1. The first-order chi connectivity index (χ1) is 13.5. The maximum absolute atomic E-state index is 12.9. The van der Waals surface area contributed by atoms with Crippen LogP contribution in [-0.4, -0.2) is 29.1 Å². The smallest absolute Gasteiger partial charge is 0.276 e. The summed E-state index contributed by atoms with van der Waals surface area (Å²) in [7, 11) is 0. The summed E-state index contributed by atoms with van der Waals surface area (Å²) in [6, 6.07) is 9.10. The molecule has 3 aliphatic rings. The third-order valence-electron chi connectivity index (χ3n) is 4.53. The molecule has 0 saturated heterocycles. The van der Waals surface area contributed by atoms with Crippen LogP contribution in [0, 0.1) is 0 Å². The van der Waals surface area contributed by atoms with Crippen LogP contribution in [0.1, 0.15) is 11.7 Å². The Morgan fingerprint density at radius 2 is 2.07 bits per heavy atom. The third kappa shape index (κ3) is 2.76. The van der Waals surface area contributed by atoms with Crippen molar-refractivity contribution in [1.82, 2.24) is 10.3 Å². The van der Waals surface area contributed by atoms with Gasteiger partial charge in [-0.25, -0.2) is 5.01 Å². The summed E-state index contributed by atoms with van der Waals surface area (Å²) >= 11 is 11.3. The van der Waals surface area contributed by atoms with Crippen molar-refractivity contribution in [2.45, 2.75) is 6.17 Å². The van der Waals surface area contributed by atoms with Crippen molar-refractivity contribution in [3.05, 3.63) is 56.0 Å². The van der Waals surface area contributed by atoms with Crippen LogP contribution in [-0.2, 0) is 4.79 Å². The highest BCUT2D eigenvalue weighted by molar-refractivity contribution is 9.10. The number of carbonyl (C=O) groups is 1. The number of ether oxygens (including phenoxy) is 2. The van der Waals surface area contributed by atoms with Gasteiger partial charge in [-0.3, -0.25) is 15.1 Å². The lowest BCUT2D eigenvalue weighted by Gasteiger charge is -2.34. The summed E-state index contributed by atoms with van der Waals surface area (Å²) in [4.78, 5) is 17.7. The van der Waals surface area contributed by atoms with Gasteiger partial charge >= 0.3 is 0 Å². The van der Waals surface area contributed by atoms with E-state index >= 15 is 0 Å². The minimum atomic E-state index is -0.612. The Kier molecular flexibility index (Phi) is 4.26. The quantitative estimate of drug-likeness (QED) is 0.680. The number of rotatable bonds is 1. The Balaban J connectivity index is 1.78. The fraction of sp³-hybridized carbons (Fsp3) is 0.167. The van der Waals surface area contributed by atoms with Crippen molar-refractivity contribution >= 4 is 56.1 Å². The molecule has 0 radical (unpaired) electrons. The topological polar surface area (TPSA) is 75.5 Å². The Labute approximate surface area is 177 Å². The van der Waals surface area contributed by atoms with Crippen molar-refractivity contribution in [3.63, 3.8) is 0 Å². The molecule has 3 heterocycles. The first-order valence-corrected chi connectivity index (χ1v) is 10.6. The molecule has 0 spiro atoms. The van der Waals surface area contributed by atoms with Crippen molar-refractivity contribution in [3.8, 4) is 11.5 Å². The molecular formula is C18H12BrClN4O3S. The van der Waals surface area contributed by atoms with Gasteiger partial charge in [0.25, 0.3) is 5.91 Å². The lowest BCUT2D eigenvalue weighted by atomic mass is 10.1. The van der Waals surface area contributed by atoms with E-state index in [1.54, 1.807) is 17.1 Å². The number of amidine groups is 1. The van der Waals surface area contributed by atoms with Crippen LogP contribution in [0.25, 0.3) is 5.70 Å². The molecule has 0 aliphatic carbocycles. The molecule has 0 aromatic heterocycles. The maximum Gasteiger partial charge on any atom is 0.276 e. The molecule has 7 nitrogen and oxygen atoms in total. The molecule has 28 heavy (non-hydrogen) atoms. The van der Waals surface area contributed by atoms with Gasteiger partial charge in [0.1, 0.15) is 5.70 Å². The molecule has 1 atom stereocenters. The Morgan fingerprint density at radius 1 is 1.29 bits per heavy atom. The van der Waals surface area contributed by atoms with Crippen LogP contribution < -0.4 is 25.4 Å². The van der Waals surface area contributed by atoms with Crippen LogP contribution in [0.3, 0.4) is 0 Å². The first kappa shape index (κ1) is 17.8. The lowest BCUT2D eigenvalue weighted by Crippen LogP contribution is -2.50. The van der Waals surface area contributed by atoms with E-state index in [4.69, 9.17) is 26.1 Å². The first-order valence-electron chi connectivity index (χ1n) is 8.25. The number of hydrogen-bond acceptors (Lipinski definition) is 7. The molecule has 1 amide bonds. The second-order valence-corrected chi connectivity index (χ2v) is 8.27. The van der Waals surface area contributed by atoms with Gasteiger partial charge in [0.15, 0.2) is 22.8 Å². The van der Waals surface area contributed by atoms with Gasteiger partial charge in [-0.15, -0.1) is 5.10 Å². The average Bonchev–Trinajstić information content (AvgIpc) is 3.13. The Morgan fingerprint density at radius 3 is 2.86 bits per heavy atom. The standard InChI is InChI=1S/C18H12BrClN4O3S/c1-28-18-22-17(25)15-10-4-8(19)2-3-12(10)21-16(24(15)23-18)9-5-13-14(6-11(9)20)27-7-26-13/h2-6,16H,7H2,1H3,(H,22,23,25)/t16-/m0/s1. The number of amides is 1. The van der Waals surface area contributed by atoms with Gasteiger partial charge < -0.3 is 9.47 Å². The van der Waals surface area contributed by atoms with Gasteiger partial charge in [0, 0.05) is 21.3 Å². The number of hydrazone groups is 1. The zero-order valence-corrected chi connectivity index (χ0v) is 17.6. The monoisotopic (exact) mass is 478 g/mol. The molecule has 5 rings (SSSR count). The van der Waals surface area contributed by atoms with Crippen molar-refractivity contribution in [1.29, 1.82) is 0 Å². The molecule has 2 aromatic carbocycles. The SMILES string of the molecule is CSC1=NN2C(=c3cc(Br)ccc3=N[C@@H]2c2cc3c(cc2Cl)OCO3)C(=O)N1. The summed E-state index contributed by atoms with van der Waals surface area (Å²) in [5, 5.41) is 11.4. The summed E-state index contributed by atoms with van der Waals surface area (Å²) in [5.74, 6) is 0.937. The van der Waals surface area contributed by atoms with Gasteiger partial charge in [0.05, 0.1) is 10.4 Å². The third-order valence-corrected chi connectivity index (χ3v) is 5.92. The number of nitrogens with zero attached hydrogens (tertiary/aromatic N) is 3. The summed E-state index contributed by atoms with van der Waals surface area (Å²) < 4.78 is 11.7. The summed E-state index contributed by atoms with van der Waals surface area (Å²) in [5.41, 5.74) is 1.10. The van der Waals surface area contributed by atoms with Crippen molar-refractivity contribution in [2.24, 2.45) is 10.1 Å². The number of fused-ring (bicyclic) bond motifs is 3. The van der Waals surface area contributed by atoms with Crippen LogP contribution in [0.2, 0.25) is 5.02 Å². The number of benzene rings is 2. The fourth-order valence-corrected chi connectivity index (χ4v) is 4.25. The van der Waals surface area contributed by atoms with E-state index in [1.807, 2.05) is 24.5 Å². The minimum Gasteiger partial charge on any atom is -0.454 e. The lowest BCUT2D eigenvalue weighted by molar-refractivity contribution is -0.116. The molecule has 0 saturated carbocycles. The molecule has 0 fully saturated rings.